The average molecular weight is 288 g/mol. The lowest BCUT2D eigenvalue weighted by molar-refractivity contribution is 0.249. The van der Waals surface area contributed by atoms with E-state index < -0.39 is 10.0 Å². The van der Waals surface area contributed by atoms with Gasteiger partial charge in [0.05, 0.1) is 5.75 Å². The molecule has 0 radical (unpaired) electrons. The second-order valence-corrected chi connectivity index (χ2v) is 8.39. The van der Waals surface area contributed by atoms with E-state index in [-0.39, 0.29) is 11.8 Å². The Kier molecular flexibility index (Phi) is 5.26. The number of nitrogens with one attached hydrogen (secondary N) is 2. The van der Waals surface area contributed by atoms with Crippen molar-refractivity contribution in [3.05, 3.63) is 0 Å². The zero-order valence-electron chi connectivity index (χ0n) is 12.2. The molecule has 2 saturated carbocycles. The summed E-state index contributed by atoms with van der Waals surface area (Å²) in [6.45, 7) is 5.24. The Labute approximate surface area is 117 Å². The van der Waals surface area contributed by atoms with Gasteiger partial charge in [0.1, 0.15) is 0 Å². The molecule has 0 spiro atoms. The molecule has 19 heavy (non-hydrogen) atoms. The third-order valence-corrected chi connectivity index (χ3v) is 5.85. The van der Waals surface area contributed by atoms with Crippen LogP contribution in [0.3, 0.4) is 0 Å². The van der Waals surface area contributed by atoms with E-state index in [1.54, 1.807) is 0 Å². The predicted octanol–water partition coefficient (Wildman–Crippen LogP) is 1.87. The van der Waals surface area contributed by atoms with Crippen molar-refractivity contribution in [2.45, 2.75) is 64.5 Å². The highest BCUT2D eigenvalue weighted by Gasteiger charge is 2.28. The van der Waals surface area contributed by atoms with Crippen molar-refractivity contribution in [2.75, 3.05) is 12.3 Å². The fourth-order valence-electron chi connectivity index (χ4n) is 2.99. The summed E-state index contributed by atoms with van der Waals surface area (Å²) in [7, 11) is -3.10. The van der Waals surface area contributed by atoms with Crippen molar-refractivity contribution in [1.29, 1.82) is 0 Å². The van der Waals surface area contributed by atoms with Crippen LogP contribution in [0.4, 0.5) is 0 Å². The number of hydrogen-bond acceptors (Lipinski definition) is 3. The smallest absolute Gasteiger partial charge is 0.211 e. The molecular formula is C14H28N2O2S. The molecule has 2 rings (SSSR count). The van der Waals surface area contributed by atoms with E-state index in [0.29, 0.717) is 18.4 Å². The van der Waals surface area contributed by atoms with Crippen LogP contribution >= 0.6 is 0 Å². The fraction of sp³-hybridized carbons (Fsp3) is 1.00. The summed E-state index contributed by atoms with van der Waals surface area (Å²) in [4.78, 5) is 0. The minimum absolute atomic E-state index is 0.151. The molecule has 0 heterocycles. The van der Waals surface area contributed by atoms with Crippen molar-refractivity contribution >= 4 is 10.0 Å². The van der Waals surface area contributed by atoms with Crippen LogP contribution in [0, 0.1) is 11.8 Å². The van der Waals surface area contributed by atoms with E-state index in [1.807, 2.05) is 0 Å². The zero-order valence-corrected chi connectivity index (χ0v) is 13.0. The first-order chi connectivity index (χ1) is 8.96. The van der Waals surface area contributed by atoms with Crippen LogP contribution in [-0.2, 0) is 10.0 Å². The summed E-state index contributed by atoms with van der Waals surface area (Å²) >= 11 is 0. The highest BCUT2D eigenvalue weighted by atomic mass is 32.2. The van der Waals surface area contributed by atoms with Crippen LogP contribution in [0.25, 0.3) is 0 Å². The third kappa shape index (κ3) is 5.40. The molecule has 2 aliphatic carbocycles. The van der Waals surface area contributed by atoms with Crippen LogP contribution in [0.2, 0.25) is 0 Å². The normalized spacial score (nSPS) is 32.4. The molecule has 2 aliphatic rings. The summed E-state index contributed by atoms with van der Waals surface area (Å²) in [5, 5.41) is 3.36. The molecule has 4 nitrogen and oxygen atoms in total. The van der Waals surface area contributed by atoms with Gasteiger partial charge >= 0.3 is 0 Å². The minimum Gasteiger partial charge on any atom is -0.314 e. The largest absolute Gasteiger partial charge is 0.314 e. The Morgan fingerprint density at radius 3 is 2.47 bits per heavy atom. The predicted molar refractivity (Wildman–Crippen MR) is 78.5 cm³/mol. The van der Waals surface area contributed by atoms with Crippen LogP contribution in [0.15, 0.2) is 0 Å². The Morgan fingerprint density at radius 1 is 1.11 bits per heavy atom. The monoisotopic (exact) mass is 288 g/mol. The van der Waals surface area contributed by atoms with Gasteiger partial charge in [0.15, 0.2) is 0 Å². The lowest BCUT2D eigenvalue weighted by atomic mass is 9.80. The van der Waals surface area contributed by atoms with Gasteiger partial charge in [-0.15, -0.1) is 0 Å². The maximum atomic E-state index is 12.0. The Hall–Kier alpha value is -0.130. The summed E-state index contributed by atoms with van der Waals surface area (Å²) < 4.78 is 27.0. The van der Waals surface area contributed by atoms with Crippen molar-refractivity contribution in [1.82, 2.24) is 10.0 Å². The maximum Gasteiger partial charge on any atom is 0.211 e. The summed E-state index contributed by atoms with van der Waals surface area (Å²) in [5.74, 6) is 1.45. The molecule has 2 N–H and O–H groups in total. The standard InChI is InChI=1S/C14H28N2O2S/c1-11-4-7-14(12(2)10-11)16-19(17,18)9-3-8-15-13-5-6-13/h11-16H,3-10H2,1-2H3. The number of hydrogen-bond donors (Lipinski definition) is 2. The van der Waals surface area contributed by atoms with Crippen molar-refractivity contribution < 1.29 is 8.42 Å². The number of rotatable bonds is 7. The highest BCUT2D eigenvalue weighted by molar-refractivity contribution is 7.89. The van der Waals surface area contributed by atoms with E-state index in [0.717, 1.165) is 31.7 Å². The van der Waals surface area contributed by atoms with Gasteiger partial charge in [0, 0.05) is 12.1 Å². The van der Waals surface area contributed by atoms with Gasteiger partial charge in [-0.1, -0.05) is 13.8 Å². The number of sulfonamides is 1. The second kappa shape index (κ2) is 6.55. The van der Waals surface area contributed by atoms with Gasteiger partial charge in [-0.05, 0) is 56.9 Å². The first kappa shape index (κ1) is 15.3. The molecule has 3 unspecified atom stereocenters. The fourth-order valence-corrected chi connectivity index (χ4v) is 4.44. The highest BCUT2D eigenvalue weighted by Crippen LogP contribution is 2.29. The van der Waals surface area contributed by atoms with Crippen molar-refractivity contribution in [3.8, 4) is 0 Å². The van der Waals surface area contributed by atoms with Gasteiger partial charge < -0.3 is 5.32 Å². The average Bonchev–Trinajstić information content (AvgIpc) is 3.12. The SMILES string of the molecule is CC1CCC(NS(=O)(=O)CCCNC2CC2)C(C)C1. The second-order valence-electron chi connectivity index (χ2n) is 6.52. The van der Waals surface area contributed by atoms with Crippen molar-refractivity contribution in [2.24, 2.45) is 11.8 Å². The molecule has 5 heteroatoms. The summed E-state index contributed by atoms with van der Waals surface area (Å²) in [6.07, 6.45) is 6.48. The Balaban J connectivity index is 1.69. The topological polar surface area (TPSA) is 58.2 Å². The van der Waals surface area contributed by atoms with E-state index in [9.17, 15) is 8.42 Å². The van der Waals surface area contributed by atoms with Crippen LogP contribution in [-0.4, -0.2) is 32.8 Å². The molecular weight excluding hydrogens is 260 g/mol. The first-order valence-corrected chi connectivity index (χ1v) is 9.35. The van der Waals surface area contributed by atoms with E-state index in [1.165, 1.54) is 12.8 Å². The van der Waals surface area contributed by atoms with E-state index in [2.05, 4.69) is 23.9 Å². The molecule has 112 valence electrons. The summed E-state index contributed by atoms with van der Waals surface area (Å²) in [6, 6.07) is 0.813. The quantitative estimate of drug-likeness (QED) is 0.703. The maximum absolute atomic E-state index is 12.0. The zero-order chi connectivity index (χ0) is 13.9. The molecule has 0 aromatic carbocycles. The molecule has 0 saturated heterocycles. The molecule has 0 aliphatic heterocycles. The first-order valence-electron chi connectivity index (χ1n) is 7.69. The molecule has 2 fully saturated rings. The summed E-state index contributed by atoms with van der Waals surface area (Å²) in [5.41, 5.74) is 0. The van der Waals surface area contributed by atoms with Gasteiger partial charge in [-0.2, -0.15) is 0 Å². The lowest BCUT2D eigenvalue weighted by Gasteiger charge is -2.32. The molecule has 3 atom stereocenters. The van der Waals surface area contributed by atoms with Crippen LogP contribution < -0.4 is 10.0 Å². The van der Waals surface area contributed by atoms with Gasteiger partial charge in [0.25, 0.3) is 0 Å². The van der Waals surface area contributed by atoms with Gasteiger partial charge in [-0.3, -0.25) is 0 Å². The molecule has 0 aromatic heterocycles. The molecule has 0 amide bonds. The molecule has 0 bridgehead atoms. The lowest BCUT2D eigenvalue weighted by Crippen LogP contribution is -2.43. The minimum atomic E-state index is -3.10. The molecule has 0 aromatic rings. The third-order valence-electron chi connectivity index (χ3n) is 4.36. The van der Waals surface area contributed by atoms with Gasteiger partial charge in [0.2, 0.25) is 10.0 Å². The van der Waals surface area contributed by atoms with Crippen LogP contribution in [0.5, 0.6) is 0 Å². The van der Waals surface area contributed by atoms with Gasteiger partial charge in [-0.25, -0.2) is 13.1 Å². The van der Waals surface area contributed by atoms with E-state index >= 15 is 0 Å². The van der Waals surface area contributed by atoms with Crippen LogP contribution in [0.1, 0.15) is 52.4 Å². The Bertz CT molecular complexity index is 379. The Morgan fingerprint density at radius 2 is 1.84 bits per heavy atom. The van der Waals surface area contributed by atoms with E-state index in [4.69, 9.17) is 0 Å². The van der Waals surface area contributed by atoms with Crippen molar-refractivity contribution in [3.63, 3.8) is 0 Å².